The summed E-state index contributed by atoms with van der Waals surface area (Å²) >= 11 is 0. The molecule has 1 aliphatic heterocycles. The van der Waals surface area contributed by atoms with Gasteiger partial charge >= 0.3 is 0 Å². The van der Waals surface area contributed by atoms with Crippen LogP contribution >= 0.6 is 0 Å². The molecule has 0 spiro atoms. The molecule has 4 atom stereocenters. The number of para-hydroxylation sites is 2. The van der Waals surface area contributed by atoms with Crippen LogP contribution in [-0.4, -0.2) is 44.9 Å². The number of carbonyl (C=O) groups excluding carboxylic acids is 1. The number of guanidine groups is 1. The highest BCUT2D eigenvalue weighted by atomic mass is 16.2. The molecule has 0 saturated heterocycles. The number of nitrogens with zero attached hydrogens (tertiary/aromatic N) is 4. The van der Waals surface area contributed by atoms with E-state index in [2.05, 4.69) is 49.0 Å². The maximum Gasteiger partial charge on any atom is 0.257 e. The van der Waals surface area contributed by atoms with Gasteiger partial charge in [0.2, 0.25) is 5.95 Å². The van der Waals surface area contributed by atoms with Crippen molar-refractivity contribution >= 4 is 28.8 Å². The second-order valence-electron chi connectivity index (χ2n) is 10.9. The minimum absolute atomic E-state index is 0.0887. The molecule has 2 heterocycles. The summed E-state index contributed by atoms with van der Waals surface area (Å²) in [5.74, 6) is 2.48. The number of rotatable bonds is 11. The van der Waals surface area contributed by atoms with Gasteiger partial charge in [0.1, 0.15) is 5.54 Å². The molecule has 2 aromatic rings. The third kappa shape index (κ3) is 5.49. The van der Waals surface area contributed by atoms with Gasteiger partial charge in [-0.25, -0.2) is 9.98 Å². The van der Waals surface area contributed by atoms with E-state index in [1.807, 2.05) is 6.07 Å². The molecule has 1 amide bonds. The number of hydrogen-bond donors (Lipinski definition) is 2. The highest BCUT2D eigenvalue weighted by Crippen LogP contribution is 2.40. The van der Waals surface area contributed by atoms with E-state index in [9.17, 15) is 4.79 Å². The molecule has 1 saturated carbocycles. The quantitative estimate of drug-likeness (QED) is 0.447. The summed E-state index contributed by atoms with van der Waals surface area (Å²) in [6.07, 6.45) is 12.0. The summed E-state index contributed by atoms with van der Waals surface area (Å²) in [5.41, 5.74) is 7.65. The average Bonchev–Trinajstić information content (AvgIpc) is 3.28. The fraction of sp³-hybridized carbons (Fsp3) is 0.679. The zero-order valence-corrected chi connectivity index (χ0v) is 22.1. The number of amides is 1. The third-order valence-electron chi connectivity index (χ3n) is 8.41. The van der Waals surface area contributed by atoms with Gasteiger partial charge in [-0.1, -0.05) is 64.5 Å². The van der Waals surface area contributed by atoms with Gasteiger partial charge in [0, 0.05) is 20.1 Å². The van der Waals surface area contributed by atoms with Crippen molar-refractivity contribution in [1.29, 1.82) is 0 Å². The second-order valence-corrected chi connectivity index (χ2v) is 10.9. The lowest BCUT2D eigenvalue weighted by molar-refractivity contribution is -0.131. The van der Waals surface area contributed by atoms with Crippen molar-refractivity contribution in [3.8, 4) is 0 Å². The average molecular weight is 481 g/mol. The van der Waals surface area contributed by atoms with Crippen LogP contribution in [-0.2, 0) is 11.8 Å². The molecule has 1 aromatic carbocycles. The number of fused-ring (bicyclic) bond motifs is 1. The van der Waals surface area contributed by atoms with Gasteiger partial charge in [0.15, 0.2) is 5.96 Å². The molecule has 4 rings (SSSR count). The van der Waals surface area contributed by atoms with Crippen LogP contribution < -0.4 is 11.1 Å². The van der Waals surface area contributed by atoms with Crippen molar-refractivity contribution in [2.24, 2.45) is 29.6 Å². The Kier molecular flexibility index (Phi) is 8.02. The lowest BCUT2D eigenvalue weighted by Gasteiger charge is -2.35. The fourth-order valence-electron chi connectivity index (χ4n) is 6.19. The van der Waals surface area contributed by atoms with E-state index >= 15 is 0 Å². The van der Waals surface area contributed by atoms with Crippen LogP contribution in [0.3, 0.4) is 0 Å². The number of unbranched alkanes of at least 4 members (excludes halogenated alkanes) is 1. The Bertz CT molecular complexity index is 1050. The number of imidazole rings is 1. The van der Waals surface area contributed by atoms with E-state index in [-0.39, 0.29) is 5.91 Å². The van der Waals surface area contributed by atoms with Crippen molar-refractivity contribution in [3.05, 3.63) is 24.3 Å². The number of carbonyl (C=O) groups is 1. The summed E-state index contributed by atoms with van der Waals surface area (Å²) in [6, 6.07) is 8.60. The normalized spacial score (nSPS) is 25.8. The van der Waals surface area contributed by atoms with E-state index < -0.39 is 5.54 Å². The summed E-state index contributed by atoms with van der Waals surface area (Å²) < 4.78 is 2.14. The molecule has 35 heavy (non-hydrogen) atoms. The van der Waals surface area contributed by atoms with Crippen molar-refractivity contribution in [2.45, 2.75) is 96.1 Å². The molecule has 2 aliphatic rings. The van der Waals surface area contributed by atoms with Crippen LogP contribution in [0.15, 0.2) is 29.3 Å². The number of aliphatic imine (C=N–C) groups is 1. The van der Waals surface area contributed by atoms with E-state index in [0.717, 1.165) is 68.3 Å². The van der Waals surface area contributed by atoms with Crippen molar-refractivity contribution < 1.29 is 4.79 Å². The van der Waals surface area contributed by atoms with Gasteiger partial charge in [0.25, 0.3) is 5.91 Å². The van der Waals surface area contributed by atoms with Crippen LogP contribution in [0.2, 0.25) is 0 Å². The smallest absolute Gasteiger partial charge is 0.257 e. The van der Waals surface area contributed by atoms with Crippen LogP contribution in [0.25, 0.3) is 11.0 Å². The summed E-state index contributed by atoms with van der Waals surface area (Å²) in [5, 5.41) is 3.71. The Hall–Kier alpha value is -2.57. The van der Waals surface area contributed by atoms with Crippen molar-refractivity contribution in [3.63, 3.8) is 0 Å². The molecular weight excluding hydrogens is 436 g/mol. The van der Waals surface area contributed by atoms with E-state index in [0.29, 0.717) is 23.8 Å². The first kappa shape index (κ1) is 25.5. The predicted octanol–water partition coefficient (Wildman–Crippen LogP) is 5.46. The van der Waals surface area contributed by atoms with Gasteiger partial charge < -0.3 is 15.6 Å². The summed E-state index contributed by atoms with van der Waals surface area (Å²) in [6.45, 7) is 4.52. The molecule has 1 aliphatic carbocycles. The Morgan fingerprint density at radius 2 is 2.00 bits per heavy atom. The van der Waals surface area contributed by atoms with Crippen LogP contribution in [0, 0.1) is 11.8 Å². The largest absolute Gasteiger partial charge is 0.369 e. The van der Waals surface area contributed by atoms with Gasteiger partial charge in [-0.05, 0) is 56.1 Å². The second kappa shape index (κ2) is 11.0. The number of likely N-dealkylation sites (N-methyl/N-ethyl adjacent to an activating group) is 1. The first-order chi connectivity index (χ1) is 16.9. The molecule has 7 nitrogen and oxygen atoms in total. The number of hydrogen-bond acceptors (Lipinski definition) is 5. The summed E-state index contributed by atoms with van der Waals surface area (Å²) in [7, 11) is 3.84. The van der Waals surface area contributed by atoms with Gasteiger partial charge in [-0.2, -0.15) is 0 Å². The molecule has 1 fully saturated rings. The lowest BCUT2D eigenvalue weighted by atomic mass is 9.74. The molecule has 0 bridgehead atoms. The Labute approximate surface area is 210 Å². The SMILES string of the molecule is CCCCC(CC)CC[C@]1(C[C@H]2CCC[C@@H](Nc3nc4ccccc4n3C)C2)N=C(N)N(C)C1=O. The standard InChI is InChI=1S/C28H44N6O/c1-5-7-11-20(6-2)16-17-28(25(35)34(4)26(29)32-28)19-21-12-10-13-22(18-21)30-27-31-23-14-8-9-15-24(23)33(27)3/h8-9,14-15,20-22H,5-7,10-13,16-19H2,1-4H3,(H2,29,32)(H,30,31)/t20?,21-,22+,28+/m0/s1. The number of nitrogens with two attached hydrogens (primary N) is 1. The third-order valence-corrected chi connectivity index (χ3v) is 8.41. The maximum atomic E-state index is 13.4. The summed E-state index contributed by atoms with van der Waals surface area (Å²) in [4.78, 5) is 24.7. The molecule has 1 aromatic heterocycles. The topological polar surface area (TPSA) is 88.5 Å². The van der Waals surface area contributed by atoms with Crippen LogP contribution in [0.1, 0.15) is 84.5 Å². The Balaban J connectivity index is 1.45. The van der Waals surface area contributed by atoms with Gasteiger partial charge in [0.05, 0.1) is 11.0 Å². The molecule has 192 valence electrons. The lowest BCUT2D eigenvalue weighted by Crippen LogP contribution is -2.44. The molecule has 3 N–H and O–H groups in total. The van der Waals surface area contributed by atoms with Crippen molar-refractivity contribution in [2.75, 3.05) is 12.4 Å². The number of aromatic nitrogens is 2. The van der Waals surface area contributed by atoms with Crippen LogP contribution in [0.4, 0.5) is 5.95 Å². The highest BCUT2D eigenvalue weighted by Gasteiger charge is 2.47. The number of aryl methyl sites for hydroxylation is 1. The van der Waals surface area contributed by atoms with E-state index in [1.54, 1.807) is 11.9 Å². The molecule has 7 heteroatoms. The minimum atomic E-state index is -0.692. The highest BCUT2D eigenvalue weighted by molar-refractivity contribution is 6.06. The monoisotopic (exact) mass is 480 g/mol. The first-order valence-electron chi connectivity index (χ1n) is 13.7. The Morgan fingerprint density at radius 1 is 1.20 bits per heavy atom. The van der Waals surface area contributed by atoms with E-state index in [1.165, 1.54) is 19.3 Å². The molecular formula is C28H44N6O. The van der Waals surface area contributed by atoms with Gasteiger partial charge in [-0.3, -0.25) is 9.69 Å². The number of nitrogens with one attached hydrogen (secondary N) is 1. The zero-order chi connectivity index (χ0) is 25.0. The zero-order valence-electron chi connectivity index (χ0n) is 22.1. The Morgan fingerprint density at radius 3 is 2.69 bits per heavy atom. The maximum absolute atomic E-state index is 13.4. The number of anilines is 1. The fourth-order valence-corrected chi connectivity index (χ4v) is 6.19. The van der Waals surface area contributed by atoms with Gasteiger partial charge in [-0.15, -0.1) is 0 Å². The predicted molar refractivity (Wildman–Crippen MR) is 144 cm³/mol. The first-order valence-corrected chi connectivity index (χ1v) is 13.7. The molecule has 1 unspecified atom stereocenters. The molecule has 0 radical (unpaired) electrons. The van der Waals surface area contributed by atoms with Crippen molar-refractivity contribution in [1.82, 2.24) is 14.5 Å². The minimum Gasteiger partial charge on any atom is -0.369 e. The van der Waals surface area contributed by atoms with E-state index in [4.69, 9.17) is 15.7 Å². The van der Waals surface area contributed by atoms with Crippen LogP contribution in [0.5, 0.6) is 0 Å². The number of benzene rings is 1.